The Balaban J connectivity index is 1.15. The third-order valence-corrected chi connectivity index (χ3v) is 6.74. The van der Waals surface area contributed by atoms with Gasteiger partial charge in [0, 0.05) is 25.7 Å². The van der Waals surface area contributed by atoms with Gasteiger partial charge in [0.2, 0.25) is 5.89 Å². The van der Waals surface area contributed by atoms with E-state index in [9.17, 15) is 9.59 Å². The van der Waals surface area contributed by atoms with Crippen LogP contribution in [0.25, 0.3) is 0 Å². The molecule has 3 aliphatic rings. The number of hydrogen-bond acceptors (Lipinski definition) is 8. The lowest BCUT2D eigenvalue weighted by Crippen LogP contribution is -2.46. The van der Waals surface area contributed by atoms with Crippen LogP contribution >= 0.6 is 0 Å². The van der Waals surface area contributed by atoms with Gasteiger partial charge < -0.3 is 24.3 Å². The highest BCUT2D eigenvalue weighted by atomic mass is 16.7. The van der Waals surface area contributed by atoms with Gasteiger partial charge in [-0.2, -0.15) is 5.06 Å². The number of hydrogen-bond donors (Lipinski definition) is 1. The SMILES string of the molecule is CC(C)(C)OC(=O)NC1CCN(c2nnc(C3CCC4CN3C(=O)N4OCc3ccccc3)o2)CC1. The topological polar surface area (TPSA) is 113 Å². The minimum absolute atomic E-state index is 0.0244. The number of carbonyl (C=O) groups is 2. The second-order valence-corrected chi connectivity index (χ2v) is 10.6. The van der Waals surface area contributed by atoms with Crippen molar-refractivity contribution in [1.82, 2.24) is 25.5 Å². The lowest BCUT2D eigenvalue weighted by Gasteiger charge is -2.31. The lowest BCUT2D eigenvalue weighted by molar-refractivity contribution is -0.140. The van der Waals surface area contributed by atoms with E-state index in [1.54, 1.807) is 4.90 Å². The quantitative estimate of drug-likeness (QED) is 0.642. The van der Waals surface area contributed by atoms with Crippen LogP contribution in [0, 0.1) is 0 Å². The van der Waals surface area contributed by atoms with Gasteiger partial charge in [-0.25, -0.2) is 9.59 Å². The third-order valence-electron chi connectivity index (χ3n) is 6.74. The number of benzene rings is 1. The van der Waals surface area contributed by atoms with Crippen LogP contribution < -0.4 is 10.2 Å². The number of urea groups is 1. The molecule has 36 heavy (non-hydrogen) atoms. The molecule has 1 N–H and O–H groups in total. The molecule has 2 atom stereocenters. The Kier molecular flexibility index (Phi) is 6.74. The first-order chi connectivity index (χ1) is 17.3. The summed E-state index contributed by atoms with van der Waals surface area (Å²) in [6.07, 6.45) is 2.65. The summed E-state index contributed by atoms with van der Waals surface area (Å²) in [7, 11) is 0. The van der Waals surface area contributed by atoms with Crippen molar-refractivity contribution in [2.45, 2.75) is 76.8 Å². The number of alkyl carbamates (subject to hydrolysis) is 1. The van der Waals surface area contributed by atoms with E-state index in [4.69, 9.17) is 14.0 Å². The fourth-order valence-corrected chi connectivity index (χ4v) is 4.95. The Labute approximate surface area is 210 Å². The molecule has 3 saturated heterocycles. The Morgan fingerprint density at radius 1 is 1.11 bits per heavy atom. The minimum atomic E-state index is -0.522. The van der Waals surface area contributed by atoms with E-state index in [2.05, 4.69) is 15.5 Å². The molecule has 3 fully saturated rings. The minimum Gasteiger partial charge on any atom is -0.444 e. The van der Waals surface area contributed by atoms with E-state index in [1.165, 1.54) is 5.06 Å². The number of hydroxylamine groups is 2. The number of amides is 3. The average molecular weight is 499 g/mol. The summed E-state index contributed by atoms with van der Waals surface area (Å²) >= 11 is 0. The normalized spacial score (nSPS) is 22.8. The number of ether oxygens (including phenoxy) is 1. The zero-order chi connectivity index (χ0) is 25.3. The number of fused-ring (bicyclic) bond motifs is 2. The first kappa shape index (κ1) is 24.4. The van der Waals surface area contributed by atoms with Crippen molar-refractivity contribution in [2.24, 2.45) is 0 Å². The van der Waals surface area contributed by atoms with Gasteiger partial charge in [0.05, 0.1) is 6.04 Å². The second-order valence-electron chi connectivity index (χ2n) is 10.6. The molecule has 0 spiro atoms. The van der Waals surface area contributed by atoms with Crippen molar-refractivity contribution < 1.29 is 23.6 Å². The molecule has 11 nitrogen and oxygen atoms in total. The van der Waals surface area contributed by atoms with Crippen LogP contribution in [0.15, 0.2) is 34.7 Å². The molecule has 3 amide bonds. The fourth-order valence-electron chi connectivity index (χ4n) is 4.95. The number of nitrogens with one attached hydrogen (secondary N) is 1. The number of rotatable bonds is 6. The predicted octanol–water partition coefficient (Wildman–Crippen LogP) is 3.64. The summed E-state index contributed by atoms with van der Waals surface area (Å²) in [6, 6.07) is 9.92. The zero-order valence-corrected chi connectivity index (χ0v) is 21.1. The van der Waals surface area contributed by atoms with Crippen LogP contribution in [0.1, 0.15) is 64.0 Å². The highest BCUT2D eigenvalue weighted by Gasteiger charge is 2.48. The van der Waals surface area contributed by atoms with Crippen molar-refractivity contribution in [3.05, 3.63) is 41.8 Å². The van der Waals surface area contributed by atoms with Crippen molar-refractivity contribution in [3.8, 4) is 0 Å². The third kappa shape index (κ3) is 5.40. The van der Waals surface area contributed by atoms with Crippen molar-refractivity contribution in [2.75, 3.05) is 24.5 Å². The monoisotopic (exact) mass is 498 g/mol. The van der Waals surface area contributed by atoms with Crippen LogP contribution in [-0.4, -0.2) is 69.6 Å². The zero-order valence-electron chi connectivity index (χ0n) is 21.1. The molecule has 3 aliphatic heterocycles. The second kappa shape index (κ2) is 9.96. The Bertz CT molecular complexity index is 1060. The van der Waals surface area contributed by atoms with Crippen LogP contribution in [0.4, 0.5) is 15.6 Å². The van der Waals surface area contributed by atoms with Crippen LogP contribution in [0.3, 0.4) is 0 Å². The van der Waals surface area contributed by atoms with Crippen molar-refractivity contribution >= 4 is 18.1 Å². The first-order valence-electron chi connectivity index (χ1n) is 12.6. The molecular weight excluding hydrogens is 464 g/mol. The summed E-state index contributed by atoms with van der Waals surface area (Å²) in [5.74, 6) is 0.454. The standard InChI is InChI=1S/C25H34N6O5/c1-25(2,3)36-23(32)26-18-11-13-29(14-12-18)22-28-27-21(35-22)20-10-9-19-15-30(20)24(33)31(19)34-16-17-7-5-4-6-8-17/h4-8,18-20H,9-16H2,1-3H3,(H,26,32). The van der Waals surface area contributed by atoms with Gasteiger partial charge in [-0.1, -0.05) is 35.4 Å². The van der Waals surface area contributed by atoms with Crippen molar-refractivity contribution in [1.29, 1.82) is 0 Å². The summed E-state index contributed by atoms with van der Waals surface area (Å²) in [5, 5.41) is 13.0. The van der Waals surface area contributed by atoms with Crippen molar-refractivity contribution in [3.63, 3.8) is 0 Å². The number of anilines is 1. The maximum atomic E-state index is 13.1. The fraction of sp³-hybridized carbons (Fsp3) is 0.600. The molecule has 1 aromatic heterocycles. The Hall–Kier alpha value is -3.34. The van der Waals surface area contributed by atoms with E-state index in [1.807, 2.05) is 56.0 Å². The molecule has 194 valence electrons. The molecule has 2 bridgehead atoms. The summed E-state index contributed by atoms with van der Waals surface area (Å²) in [5.41, 5.74) is 0.496. The molecule has 5 rings (SSSR count). The van der Waals surface area contributed by atoms with E-state index in [0.717, 1.165) is 31.2 Å². The molecule has 4 heterocycles. The number of piperidine rings is 2. The summed E-state index contributed by atoms with van der Waals surface area (Å²) in [6.45, 7) is 7.83. The molecule has 1 aromatic carbocycles. The maximum absolute atomic E-state index is 13.1. The van der Waals surface area contributed by atoms with Gasteiger partial charge in [0.1, 0.15) is 18.2 Å². The Morgan fingerprint density at radius 3 is 2.58 bits per heavy atom. The van der Waals surface area contributed by atoms with Crippen LogP contribution in [-0.2, 0) is 16.2 Å². The average Bonchev–Trinajstić information content (AvgIpc) is 3.42. The van der Waals surface area contributed by atoms with Crippen LogP contribution in [0.5, 0.6) is 0 Å². The predicted molar refractivity (Wildman–Crippen MR) is 130 cm³/mol. The molecule has 0 radical (unpaired) electrons. The lowest BCUT2D eigenvalue weighted by atomic mass is 10.0. The van der Waals surface area contributed by atoms with E-state index >= 15 is 0 Å². The summed E-state index contributed by atoms with van der Waals surface area (Å²) in [4.78, 5) is 34.8. The van der Waals surface area contributed by atoms with Crippen LogP contribution in [0.2, 0.25) is 0 Å². The van der Waals surface area contributed by atoms with Gasteiger partial charge in [0.25, 0.3) is 0 Å². The molecular formula is C25H34N6O5. The van der Waals surface area contributed by atoms with E-state index in [-0.39, 0.29) is 24.2 Å². The smallest absolute Gasteiger partial charge is 0.407 e. The highest BCUT2D eigenvalue weighted by Crippen LogP contribution is 2.38. The van der Waals surface area contributed by atoms with Gasteiger partial charge in [0.15, 0.2) is 0 Å². The first-order valence-corrected chi connectivity index (χ1v) is 12.6. The number of carbonyl (C=O) groups excluding carboxylic acids is 2. The number of aromatic nitrogens is 2. The van der Waals surface area contributed by atoms with E-state index in [0.29, 0.717) is 38.1 Å². The molecule has 2 aromatic rings. The number of nitrogens with zero attached hydrogens (tertiary/aromatic N) is 5. The summed E-state index contributed by atoms with van der Waals surface area (Å²) < 4.78 is 11.4. The highest BCUT2D eigenvalue weighted by molar-refractivity contribution is 5.77. The molecule has 2 unspecified atom stereocenters. The molecule has 0 aliphatic carbocycles. The van der Waals surface area contributed by atoms with Gasteiger partial charge >= 0.3 is 18.1 Å². The molecule has 0 saturated carbocycles. The molecule has 11 heteroatoms. The van der Waals surface area contributed by atoms with Gasteiger partial charge in [-0.05, 0) is 52.0 Å². The maximum Gasteiger partial charge on any atom is 0.407 e. The van der Waals surface area contributed by atoms with Gasteiger partial charge in [-0.3, -0.25) is 4.84 Å². The largest absolute Gasteiger partial charge is 0.444 e. The van der Waals surface area contributed by atoms with E-state index < -0.39 is 11.7 Å². The Morgan fingerprint density at radius 2 is 1.86 bits per heavy atom. The van der Waals surface area contributed by atoms with Gasteiger partial charge in [-0.15, -0.1) is 5.10 Å².